The molecule has 0 saturated carbocycles. The predicted octanol–water partition coefficient (Wildman–Crippen LogP) is 2.52. The predicted molar refractivity (Wildman–Crippen MR) is 53.0 cm³/mol. The number of carbonyl (C=O) groups excluding carboxylic acids is 1. The zero-order chi connectivity index (χ0) is 11.9. The van der Waals surface area contributed by atoms with E-state index in [1.165, 1.54) is 0 Å². The van der Waals surface area contributed by atoms with Crippen LogP contribution in [0, 0.1) is 0 Å². The SMILES string of the molecule is CC(CC(F)(F)F)N1C2CCC1CC(=O)C2. The minimum atomic E-state index is -4.11. The Kier molecular flexibility index (Phi) is 2.99. The fraction of sp³-hybridized carbons (Fsp3) is 0.909. The zero-order valence-electron chi connectivity index (χ0n) is 9.26. The van der Waals surface area contributed by atoms with E-state index in [1.807, 2.05) is 4.90 Å². The van der Waals surface area contributed by atoms with Gasteiger partial charge >= 0.3 is 6.18 Å². The van der Waals surface area contributed by atoms with Crippen LogP contribution in [0.15, 0.2) is 0 Å². The van der Waals surface area contributed by atoms with Crippen molar-refractivity contribution in [2.45, 2.75) is 63.3 Å². The van der Waals surface area contributed by atoms with Crippen molar-refractivity contribution in [3.63, 3.8) is 0 Å². The lowest BCUT2D eigenvalue weighted by atomic mass is 9.98. The summed E-state index contributed by atoms with van der Waals surface area (Å²) in [5.74, 6) is 0.211. The Labute approximate surface area is 92.8 Å². The number of ketones is 1. The topological polar surface area (TPSA) is 20.3 Å². The van der Waals surface area contributed by atoms with Gasteiger partial charge in [-0.05, 0) is 19.8 Å². The molecule has 2 heterocycles. The van der Waals surface area contributed by atoms with Crippen LogP contribution < -0.4 is 0 Å². The van der Waals surface area contributed by atoms with Crippen LogP contribution in [0.1, 0.15) is 39.0 Å². The van der Waals surface area contributed by atoms with Crippen molar-refractivity contribution in [3.05, 3.63) is 0 Å². The Morgan fingerprint density at radius 3 is 2.25 bits per heavy atom. The van der Waals surface area contributed by atoms with E-state index in [0.29, 0.717) is 12.8 Å². The summed E-state index contributed by atoms with van der Waals surface area (Å²) in [5, 5.41) is 0. The first-order valence-electron chi connectivity index (χ1n) is 5.72. The molecular weight excluding hydrogens is 219 g/mol. The number of Topliss-reactive ketones (excluding diaryl/α,β-unsaturated/α-hetero) is 1. The summed E-state index contributed by atoms with van der Waals surface area (Å²) in [6.07, 6.45) is -2.25. The van der Waals surface area contributed by atoms with Crippen molar-refractivity contribution in [2.75, 3.05) is 0 Å². The number of halogens is 3. The number of nitrogens with zero attached hydrogens (tertiary/aromatic N) is 1. The van der Waals surface area contributed by atoms with Crippen LogP contribution >= 0.6 is 0 Å². The van der Waals surface area contributed by atoms with Crippen molar-refractivity contribution in [1.29, 1.82) is 0 Å². The maximum Gasteiger partial charge on any atom is 0.390 e. The van der Waals surface area contributed by atoms with Crippen molar-refractivity contribution in [3.8, 4) is 0 Å². The van der Waals surface area contributed by atoms with E-state index in [4.69, 9.17) is 0 Å². The van der Waals surface area contributed by atoms with Gasteiger partial charge < -0.3 is 0 Å². The first-order valence-corrected chi connectivity index (χ1v) is 5.72. The molecule has 0 amide bonds. The van der Waals surface area contributed by atoms with E-state index in [0.717, 1.165) is 12.8 Å². The molecule has 0 N–H and O–H groups in total. The second-order valence-electron chi connectivity index (χ2n) is 4.95. The van der Waals surface area contributed by atoms with Crippen LogP contribution in [0.2, 0.25) is 0 Å². The largest absolute Gasteiger partial charge is 0.390 e. The molecular formula is C11H16F3NO. The second-order valence-corrected chi connectivity index (χ2v) is 4.95. The lowest BCUT2D eigenvalue weighted by Crippen LogP contribution is -2.49. The number of alkyl halides is 3. The van der Waals surface area contributed by atoms with Crippen LogP contribution in [-0.2, 0) is 4.79 Å². The molecule has 2 fully saturated rings. The van der Waals surface area contributed by atoms with Gasteiger partial charge in [-0.1, -0.05) is 0 Å². The van der Waals surface area contributed by atoms with Crippen molar-refractivity contribution >= 4 is 5.78 Å². The molecule has 3 unspecified atom stereocenters. The first-order chi connectivity index (χ1) is 7.37. The van der Waals surface area contributed by atoms with E-state index in [1.54, 1.807) is 6.92 Å². The third-order valence-corrected chi connectivity index (χ3v) is 3.64. The van der Waals surface area contributed by atoms with Crippen LogP contribution in [0.4, 0.5) is 13.2 Å². The summed E-state index contributed by atoms with van der Waals surface area (Å²) in [4.78, 5) is 13.3. The zero-order valence-corrected chi connectivity index (χ0v) is 9.26. The van der Waals surface area contributed by atoms with Crippen LogP contribution in [-0.4, -0.2) is 35.0 Å². The Morgan fingerprint density at radius 2 is 1.81 bits per heavy atom. The number of carbonyl (C=O) groups is 1. The molecule has 2 aliphatic heterocycles. The summed E-state index contributed by atoms with van der Waals surface area (Å²) >= 11 is 0. The molecule has 0 aliphatic carbocycles. The van der Waals surface area contributed by atoms with Gasteiger partial charge in [0.25, 0.3) is 0 Å². The summed E-state index contributed by atoms with van der Waals surface area (Å²) < 4.78 is 37.0. The standard InChI is InChI=1S/C11H16F3NO/c1-7(6-11(12,13)14)15-8-2-3-9(15)5-10(16)4-8/h7-9H,2-6H2,1H3. The Hall–Kier alpha value is -0.580. The van der Waals surface area contributed by atoms with Gasteiger partial charge in [0, 0.05) is 31.0 Å². The maximum absolute atomic E-state index is 12.3. The molecule has 2 bridgehead atoms. The lowest BCUT2D eigenvalue weighted by molar-refractivity contribution is -0.150. The van der Waals surface area contributed by atoms with Gasteiger partial charge in [0.2, 0.25) is 0 Å². The number of rotatable bonds is 2. The highest BCUT2D eigenvalue weighted by molar-refractivity contribution is 5.81. The number of piperidine rings is 1. The lowest BCUT2D eigenvalue weighted by Gasteiger charge is -2.38. The van der Waals surface area contributed by atoms with Gasteiger partial charge in [-0.15, -0.1) is 0 Å². The quantitative estimate of drug-likeness (QED) is 0.733. The molecule has 16 heavy (non-hydrogen) atoms. The highest BCUT2D eigenvalue weighted by Gasteiger charge is 2.44. The molecule has 2 saturated heterocycles. The molecule has 5 heteroatoms. The van der Waals surface area contributed by atoms with Crippen molar-refractivity contribution < 1.29 is 18.0 Å². The molecule has 92 valence electrons. The Bertz CT molecular complexity index is 273. The minimum Gasteiger partial charge on any atom is -0.300 e. The number of hydrogen-bond acceptors (Lipinski definition) is 2. The molecule has 0 aromatic rings. The fourth-order valence-corrected chi connectivity index (χ4v) is 3.17. The summed E-state index contributed by atoms with van der Waals surface area (Å²) in [7, 11) is 0. The van der Waals surface area contributed by atoms with Gasteiger partial charge in [0.05, 0.1) is 6.42 Å². The van der Waals surface area contributed by atoms with Gasteiger partial charge in [0.15, 0.2) is 0 Å². The Morgan fingerprint density at radius 1 is 1.31 bits per heavy atom. The van der Waals surface area contributed by atoms with Crippen LogP contribution in [0.25, 0.3) is 0 Å². The second kappa shape index (κ2) is 4.02. The van der Waals surface area contributed by atoms with Gasteiger partial charge in [0.1, 0.15) is 5.78 Å². The average Bonchev–Trinajstić information content (AvgIpc) is 2.36. The normalized spacial score (nSPS) is 33.1. The first kappa shape index (κ1) is 11.9. The van der Waals surface area contributed by atoms with E-state index >= 15 is 0 Å². The van der Waals surface area contributed by atoms with Gasteiger partial charge in [-0.25, -0.2) is 0 Å². The number of fused-ring (bicyclic) bond motifs is 2. The summed E-state index contributed by atoms with van der Waals surface area (Å²) in [6.45, 7) is 1.62. The molecule has 0 radical (unpaired) electrons. The molecule has 3 atom stereocenters. The average molecular weight is 235 g/mol. The smallest absolute Gasteiger partial charge is 0.300 e. The van der Waals surface area contributed by atoms with Crippen molar-refractivity contribution in [1.82, 2.24) is 4.90 Å². The maximum atomic E-state index is 12.3. The van der Waals surface area contributed by atoms with Crippen LogP contribution in [0.5, 0.6) is 0 Å². The summed E-state index contributed by atoms with van der Waals surface area (Å²) in [6, 6.07) is -0.377. The minimum absolute atomic E-state index is 0.0589. The van der Waals surface area contributed by atoms with E-state index < -0.39 is 18.6 Å². The summed E-state index contributed by atoms with van der Waals surface area (Å²) in [5.41, 5.74) is 0. The third kappa shape index (κ3) is 2.39. The number of hydrogen-bond donors (Lipinski definition) is 0. The van der Waals surface area contributed by atoms with E-state index in [9.17, 15) is 18.0 Å². The van der Waals surface area contributed by atoms with Crippen LogP contribution in [0.3, 0.4) is 0 Å². The molecule has 2 aliphatic rings. The van der Waals surface area contributed by atoms with Gasteiger partial charge in [-0.3, -0.25) is 9.69 Å². The molecule has 0 spiro atoms. The third-order valence-electron chi connectivity index (χ3n) is 3.64. The highest BCUT2D eigenvalue weighted by Crippen LogP contribution is 2.38. The van der Waals surface area contributed by atoms with E-state index in [2.05, 4.69) is 0 Å². The highest BCUT2D eigenvalue weighted by atomic mass is 19.4. The van der Waals surface area contributed by atoms with Gasteiger partial charge in [-0.2, -0.15) is 13.2 Å². The Balaban J connectivity index is 2.02. The monoisotopic (exact) mass is 235 g/mol. The van der Waals surface area contributed by atoms with E-state index in [-0.39, 0.29) is 17.9 Å². The molecule has 2 nitrogen and oxygen atoms in total. The molecule has 0 aromatic heterocycles. The fourth-order valence-electron chi connectivity index (χ4n) is 3.17. The van der Waals surface area contributed by atoms with Crippen molar-refractivity contribution in [2.24, 2.45) is 0 Å². The molecule has 0 aromatic carbocycles. The molecule has 2 rings (SSSR count).